The first-order valence-corrected chi connectivity index (χ1v) is 12.5. The van der Waals surface area contributed by atoms with Crippen LogP contribution in [0.2, 0.25) is 0 Å². The van der Waals surface area contributed by atoms with Crippen molar-refractivity contribution in [1.82, 2.24) is 24.9 Å². The molecule has 3 aromatic heterocycles. The van der Waals surface area contributed by atoms with Gasteiger partial charge in [0.05, 0.1) is 28.4 Å². The van der Waals surface area contributed by atoms with E-state index in [0.29, 0.717) is 23.3 Å². The Kier molecular flexibility index (Phi) is 5.34. The van der Waals surface area contributed by atoms with Gasteiger partial charge in [-0.3, -0.25) is 9.67 Å². The van der Waals surface area contributed by atoms with Crippen LogP contribution in [-0.4, -0.2) is 39.6 Å². The number of hydrogen-bond acceptors (Lipinski definition) is 7. The molecule has 0 radical (unpaired) electrons. The minimum atomic E-state index is -3.34. The Labute approximate surface area is 186 Å². The number of rotatable bonds is 5. The van der Waals surface area contributed by atoms with E-state index in [2.05, 4.69) is 19.8 Å². The third kappa shape index (κ3) is 3.95. The van der Waals surface area contributed by atoms with Gasteiger partial charge in [-0.15, -0.1) is 0 Å². The van der Waals surface area contributed by atoms with Crippen molar-refractivity contribution >= 4 is 9.84 Å². The zero-order valence-corrected chi connectivity index (χ0v) is 18.5. The maximum Gasteiger partial charge on any atom is 0.262 e. The molecule has 0 N–H and O–H groups in total. The summed E-state index contributed by atoms with van der Waals surface area (Å²) >= 11 is 0. The van der Waals surface area contributed by atoms with E-state index in [0.717, 1.165) is 29.7 Å². The Morgan fingerprint density at radius 1 is 1.03 bits per heavy atom. The first-order chi connectivity index (χ1) is 15.5. The quantitative estimate of drug-likeness (QED) is 0.439. The predicted molar refractivity (Wildman–Crippen MR) is 119 cm³/mol. The Hall–Kier alpha value is -3.33. The average molecular weight is 450 g/mol. The molecule has 5 rings (SSSR count). The third-order valence-corrected chi connectivity index (χ3v) is 6.96. The zero-order chi connectivity index (χ0) is 22.1. The van der Waals surface area contributed by atoms with Crippen LogP contribution in [-0.2, 0) is 9.84 Å². The lowest BCUT2D eigenvalue weighted by Gasteiger charge is -2.24. The standard InChI is InChI=1S/C23H23N5O3S/c1-32(29,30)19-9-5-6-17(14-19)22-26-23(31-27-22)20-15-25-28(18-7-3-2-4-8-18)21(20)16-10-12-24-13-11-16/h5-6,9-15,18H,2-4,7-8H2,1H3. The Morgan fingerprint density at radius 2 is 1.81 bits per heavy atom. The lowest BCUT2D eigenvalue weighted by atomic mass is 9.95. The zero-order valence-electron chi connectivity index (χ0n) is 17.7. The Bertz CT molecular complexity index is 1340. The smallest absolute Gasteiger partial charge is 0.262 e. The van der Waals surface area contributed by atoms with Crippen LogP contribution in [0.15, 0.2) is 64.4 Å². The normalized spacial score (nSPS) is 15.2. The molecule has 1 aliphatic carbocycles. The van der Waals surface area contributed by atoms with Gasteiger partial charge in [0.2, 0.25) is 5.82 Å². The van der Waals surface area contributed by atoms with Crippen LogP contribution in [0, 0.1) is 0 Å². The lowest BCUT2D eigenvalue weighted by Crippen LogP contribution is -2.15. The highest BCUT2D eigenvalue weighted by Crippen LogP contribution is 2.37. The molecule has 0 atom stereocenters. The lowest BCUT2D eigenvalue weighted by molar-refractivity contribution is 0.332. The van der Waals surface area contributed by atoms with E-state index in [1.807, 2.05) is 12.1 Å². The third-order valence-electron chi connectivity index (χ3n) is 5.85. The fraction of sp³-hybridized carbons (Fsp3) is 0.304. The van der Waals surface area contributed by atoms with Crippen LogP contribution < -0.4 is 0 Å². The molecular formula is C23H23N5O3S. The summed E-state index contributed by atoms with van der Waals surface area (Å²) in [6, 6.07) is 10.8. The SMILES string of the molecule is CS(=O)(=O)c1cccc(-c2noc(-c3cnn(C4CCCCC4)c3-c3ccncc3)n2)c1. The van der Waals surface area contributed by atoms with E-state index in [9.17, 15) is 8.42 Å². The monoisotopic (exact) mass is 449 g/mol. The molecule has 9 heteroatoms. The molecule has 0 unspecified atom stereocenters. The van der Waals surface area contributed by atoms with E-state index in [-0.39, 0.29) is 4.90 Å². The van der Waals surface area contributed by atoms with Crippen molar-refractivity contribution in [1.29, 1.82) is 0 Å². The fourth-order valence-corrected chi connectivity index (χ4v) is 4.90. The molecule has 0 spiro atoms. The summed E-state index contributed by atoms with van der Waals surface area (Å²) < 4.78 is 31.5. The first kappa shape index (κ1) is 20.6. The summed E-state index contributed by atoms with van der Waals surface area (Å²) in [4.78, 5) is 8.93. The molecule has 3 heterocycles. The summed E-state index contributed by atoms with van der Waals surface area (Å²) in [5, 5.41) is 8.82. The molecular weight excluding hydrogens is 426 g/mol. The topological polar surface area (TPSA) is 104 Å². The predicted octanol–water partition coefficient (Wildman–Crippen LogP) is 4.57. The number of hydrogen-bond donors (Lipinski definition) is 0. The van der Waals surface area contributed by atoms with Crippen molar-refractivity contribution in [2.24, 2.45) is 0 Å². The van der Waals surface area contributed by atoms with Gasteiger partial charge < -0.3 is 4.52 Å². The molecule has 0 amide bonds. The van der Waals surface area contributed by atoms with Gasteiger partial charge in [-0.2, -0.15) is 10.1 Å². The van der Waals surface area contributed by atoms with Gasteiger partial charge in [-0.05, 0) is 37.1 Å². The second kappa shape index (κ2) is 8.31. The molecule has 0 bridgehead atoms. The molecule has 0 aliphatic heterocycles. The van der Waals surface area contributed by atoms with Crippen LogP contribution >= 0.6 is 0 Å². The summed E-state index contributed by atoms with van der Waals surface area (Å²) in [6.45, 7) is 0. The van der Waals surface area contributed by atoms with Crippen LogP contribution in [0.3, 0.4) is 0 Å². The van der Waals surface area contributed by atoms with Crippen molar-refractivity contribution in [2.45, 2.75) is 43.0 Å². The molecule has 164 valence electrons. The number of pyridine rings is 1. The van der Waals surface area contributed by atoms with Crippen molar-refractivity contribution < 1.29 is 12.9 Å². The van der Waals surface area contributed by atoms with Gasteiger partial charge in [0, 0.05) is 29.8 Å². The van der Waals surface area contributed by atoms with Crippen LogP contribution in [0.25, 0.3) is 34.1 Å². The minimum Gasteiger partial charge on any atom is -0.333 e. The second-order valence-corrected chi connectivity index (χ2v) is 10.1. The van der Waals surface area contributed by atoms with Gasteiger partial charge in [0.15, 0.2) is 9.84 Å². The number of nitrogens with zero attached hydrogens (tertiary/aromatic N) is 5. The summed E-state index contributed by atoms with van der Waals surface area (Å²) in [6.07, 6.45) is 12.3. The van der Waals surface area contributed by atoms with Crippen LogP contribution in [0.1, 0.15) is 38.1 Å². The largest absolute Gasteiger partial charge is 0.333 e. The molecule has 1 aliphatic rings. The van der Waals surface area contributed by atoms with E-state index >= 15 is 0 Å². The molecule has 1 aromatic carbocycles. The molecule has 0 saturated heterocycles. The summed E-state index contributed by atoms with van der Waals surface area (Å²) in [5.41, 5.74) is 3.24. The van der Waals surface area contributed by atoms with Gasteiger partial charge in [-0.25, -0.2) is 8.42 Å². The Morgan fingerprint density at radius 3 is 2.56 bits per heavy atom. The maximum atomic E-state index is 11.9. The van der Waals surface area contributed by atoms with E-state index in [4.69, 9.17) is 9.62 Å². The molecule has 1 saturated carbocycles. The van der Waals surface area contributed by atoms with Gasteiger partial charge in [-0.1, -0.05) is 36.6 Å². The van der Waals surface area contributed by atoms with Crippen molar-refractivity contribution in [2.75, 3.05) is 6.26 Å². The number of sulfone groups is 1. The van der Waals surface area contributed by atoms with E-state index < -0.39 is 9.84 Å². The Balaban J connectivity index is 1.58. The van der Waals surface area contributed by atoms with Gasteiger partial charge in [0.1, 0.15) is 0 Å². The van der Waals surface area contributed by atoms with Crippen molar-refractivity contribution in [3.05, 3.63) is 55.0 Å². The highest BCUT2D eigenvalue weighted by atomic mass is 32.2. The number of aromatic nitrogens is 5. The molecule has 8 nitrogen and oxygen atoms in total. The highest BCUT2D eigenvalue weighted by Gasteiger charge is 2.25. The second-order valence-electron chi connectivity index (χ2n) is 8.10. The van der Waals surface area contributed by atoms with E-state index in [1.54, 1.807) is 42.9 Å². The van der Waals surface area contributed by atoms with E-state index in [1.165, 1.54) is 25.5 Å². The molecule has 4 aromatic rings. The molecule has 1 fully saturated rings. The van der Waals surface area contributed by atoms with Gasteiger partial charge in [0.25, 0.3) is 5.89 Å². The fourth-order valence-electron chi connectivity index (χ4n) is 4.23. The van der Waals surface area contributed by atoms with Crippen molar-refractivity contribution in [3.63, 3.8) is 0 Å². The van der Waals surface area contributed by atoms with Crippen molar-refractivity contribution in [3.8, 4) is 34.1 Å². The first-order valence-electron chi connectivity index (χ1n) is 10.6. The molecule has 32 heavy (non-hydrogen) atoms. The van der Waals surface area contributed by atoms with Crippen LogP contribution in [0.4, 0.5) is 0 Å². The summed E-state index contributed by atoms with van der Waals surface area (Å²) in [7, 11) is -3.34. The average Bonchev–Trinajstić information content (AvgIpc) is 3.47. The maximum absolute atomic E-state index is 11.9. The minimum absolute atomic E-state index is 0.212. The van der Waals surface area contributed by atoms with Crippen LogP contribution in [0.5, 0.6) is 0 Å². The highest BCUT2D eigenvalue weighted by molar-refractivity contribution is 7.90. The summed E-state index contributed by atoms with van der Waals surface area (Å²) in [5.74, 6) is 0.676. The van der Waals surface area contributed by atoms with Gasteiger partial charge >= 0.3 is 0 Å². The number of benzene rings is 1.